The van der Waals surface area contributed by atoms with Gasteiger partial charge in [0.15, 0.2) is 0 Å². The maximum absolute atomic E-state index is 11.4. The van der Waals surface area contributed by atoms with Crippen molar-refractivity contribution in [3.8, 4) is 0 Å². The van der Waals surface area contributed by atoms with Crippen molar-refractivity contribution in [3.63, 3.8) is 0 Å². The van der Waals surface area contributed by atoms with Gasteiger partial charge < -0.3 is 19.3 Å². The second-order valence-corrected chi connectivity index (χ2v) is 3.33. The molecule has 0 saturated heterocycles. The number of carbonyl (C=O) groups excluding carboxylic acids is 1. The van der Waals surface area contributed by atoms with E-state index < -0.39 is 5.97 Å². The molecular formula is C12H17NO5. The summed E-state index contributed by atoms with van der Waals surface area (Å²) in [7, 11) is 0. The molecule has 1 heterocycles. The van der Waals surface area contributed by atoms with Crippen LogP contribution < -0.4 is 0 Å². The van der Waals surface area contributed by atoms with E-state index in [9.17, 15) is 4.79 Å². The minimum atomic E-state index is -0.414. The van der Waals surface area contributed by atoms with Crippen LogP contribution in [0.15, 0.2) is 24.5 Å². The predicted molar refractivity (Wildman–Crippen MR) is 63.2 cm³/mol. The molecule has 0 aromatic carbocycles. The standard InChI is InChI=1S/C12H17NO5/c14-4-5-16-6-7-17-8-9-18-12(15)11-2-1-3-13-10-11/h1-3,10,14H,4-9H2. The number of esters is 1. The molecule has 0 aliphatic rings. The lowest BCUT2D eigenvalue weighted by molar-refractivity contribution is 0.00918. The summed E-state index contributed by atoms with van der Waals surface area (Å²) in [6.07, 6.45) is 3.04. The summed E-state index contributed by atoms with van der Waals surface area (Å²) < 4.78 is 15.1. The van der Waals surface area contributed by atoms with E-state index in [0.29, 0.717) is 32.0 Å². The number of aromatic nitrogens is 1. The van der Waals surface area contributed by atoms with Gasteiger partial charge in [-0.1, -0.05) is 0 Å². The molecule has 0 aliphatic heterocycles. The molecule has 0 fully saturated rings. The van der Waals surface area contributed by atoms with Gasteiger partial charge in [0.2, 0.25) is 0 Å². The number of nitrogens with zero attached hydrogens (tertiary/aromatic N) is 1. The number of hydrogen-bond acceptors (Lipinski definition) is 6. The fraction of sp³-hybridized carbons (Fsp3) is 0.500. The van der Waals surface area contributed by atoms with Crippen LogP contribution in [-0.2, 0) is 14.2 Å². The van der Waals surface area contributed by atoms with Crippen LogP contribution in [0.25, 0.3) is 0 Å². The number of carbonyl (C=O) groups is 1. The van der Waals surface area contributed by atoms with Gasteiger partial charge in [-0.2, -0.15) is 0 Å². The van der Waals surface area contributed by atoms with Gasteiger partial charge in [-0.3, -0.25) is 4.98 Å². The number of pyridine rings is 1. The van der Waals surface area contributed by atoms with Gasteiger partial charge in [-0.05, 0) is 12.1 Å². The van der Waals surface area contributed by atoms with E-state index >= 15 is 0 Å². The Labute approximate surface area is 106 Å². The smallest absolute Gasteiger partial charge is 0.339 e. The zero-order chi connectivity index (χ0) is 13.1. The van der Waals surface area contributed by atoms with Gasteiger partial charge in [0.1, 0.15) is 6.61 Å². The molecule has 6 heteroatoms. The molecule has 1 aromatic rings. The van der Waals surface area contributed by atoms with Gasteiger partial charge >= 0.3 is 5.97 Å². The lowest BCUT2D eigenvalue weighted by atomic mass is 10.3. The minimum Gasteiger partial charge on any atom is -0.460 e. The Morgan fingerprint density at radius 1 is 1.17 bits per heavy atom. The third-order valence-electron chi connectivity index (χ3n) is 1.97. The van der Waals surface area contributed by atoms with E-state index in [1.54, 1.807) is 18.3 Å². The van der Waals surface area contributed by atoms with Gasteiger partial charge in [0.25, 0.3) is 0 Å². The average Bonchev–Trinajstić information content (AvgIpc) is 2.42. The highest BCUT2D eigenvalue weighted by Crippen LogP contribution is 1.98. The quantitative estimate of drug-likeness (QED) is 0.504. The molecule has 0 bridgehead atoms. The number of rotatable bonds is 9. The normalized spacial score (nSPS) is 10.3. The van der Waals surface area contributed by atoms with Crippen LogP contribution in [0, 0.1) is 0 Å². The highest BCUT2D eigenvalue weighted by atomic mass is 16.6. The second-order valence-electron chi connectivity index (χ2n) is 3.33. The summed E-state index contributed by atoms with van der Waals surface area (Å²) in [6, 6.07) is 3.31. The summed E-state index contributed by atoms with van der Waals surface area (Å²) in [6.45, 7) is 1.63. The van der Waals surface area contributed by atoms with Crippen molar-refractivity contribution in [1.29, 1.82) is 0 Å². The van der Waals surface area contributed by atoms with Crippen LogP contribution in [0.3, 0.4) is 0 Å². The summed E-state index contributed by atoms with van der Waals surface area (Å²) in [5.74, 6) is -0.414. The fourth-order valence-electron chi connectivity index (χ4n) is 1.15. The molecule has 0 atom stereocenters. The Morgan fingerprint density at radius 2 is 1.89 bits per heavy atom. The molecule has 0 spiro atoms. The first kappa shape index (κ1) is 14.6. The van der Waals surface area contributed by atoms with Gasteiger partial charge in [-0.15, -0.1) is 0 Å². The highest BCUT2D eigenvalue weighted by molar-refractivity contribution is 5.88. The van der Waals surface area contributed by atoms with E-state index in [2.05, 4.69) is 4.98 Å². The summed E-state index contributed by atoms with van der Waals surface area (Å²) in [4.78, 5) is 15.3. The lowest BCUT2D eigenvalue weighted by Crippen LogP contribution is -2.13. The molecule has 1 aromatic heterocycles. The maximum atomic E-state index is 11.4. The molecule has 1 rings (SSSR count). The topological polar surface area (TPSA) is 77.9 Å². The zero-order valence-corrected chi connectivity index (χ0v) is 10.1. The first-order valence-corrected chi connectivity index (χ1v) is 5.68. The summed E-state index contributed by atoms with van der Waals surface area (Å²) >= 11 is 0. The zero-order valence-electron chi connectivity index (χ0n) is 10.1. The molecule has 1 N–H and O–H groups in total. The number of hydrogen-bond donors (Lipinski definition) is 1. The Hall–Kier alpha value is -1.50. The van der Waals surface area contributed by atoms with Crippen molar-refractivity contribution in [2.45, 2.75) is 0 Å². The van der Waals surface area contributed by atoms with Crippen LogP contribution in [0.1, 0.15) is 10.4 Å². The minimum absolute atomic E-state index is 0.00270. The van der Waals surface area contributed by atoms with Crippen molar-refractivity contribution in [2.24, 2.45) is 0 Å². The van der Waals surface area contributed by atoms with E-state index in [4.69, 9.17) is 19.3 Å². The SMILES string of the molecule is O=C(OCCOCCOCCO)c1cccnc1. The Morgan fingerprint density at radius 3 is 2.56 bits per heavy atom. The molecule has 0 amide bonds. The van der Waals surface area contributed by atoms with Crippen molar-refractivity contribution in [3.05, 3.63) is 30.1 Å². The first-order valence-electron chi connectivity index (χ1n) is 5.68. The van der Waals surface area contributed by atoms with Gasteiger partial charge in [0.05, 0.1) is 38.6 Å². The van der Waals surface area contributed by atoms with Crippen LogP contribution in [0.4, 0.5) is 0 Å². The average molecular weight is 255 g/mol. The van der Waals surface area contributed by atoms with Gasteiger partial charge in [-0.25, -0.2) is 4.79 Å². The second kappa shape index (κ2) is 9.52. The van der Waals surface area contributed by atoms with Crippen molar-refractivity contribution < 1.29 is 24.1 Å². The van der Waals surface area contributed by atoms with Crippen LogP contribution in [0.2, 0.25) is 0 Å². The Bertz CT molecular complexity index is 330. The highest BCUT2D eigenvalue weighted by Gasteiger charge is 2.05. The van der Waals surface area contributed by atoms with Crippen molar-refractivity contribution in [1.82, 2.24) is 4.98 Å². The Kier molecular flexibility index (Phi) is 7.70. The van der Waals surface area contributed by atoms with E-state index in [1.165, 1.54) is 6.20 Å². The van der Waals surface area contributed by atoms with E-state index in [1.807, 2.05) is 0 Å². The molecule has 0 unspecified atom stereocenters. The van der Waals surface area contributed by atoms with Crippen LogP contribution >= 0.6 is 0 Å². The molecule has 100 valence electrons. The maximum Gasteiger partial charge on any atom is 0.339 e. The molecule has 6 nitrogen and oxygen atoms in total. The molecule has 0 saturated carbocycles. The number of ether oxygens (including phenoxy) is 3. The van der Waals surface area contributed by atoms with E-state index in [-0.39, 0.29) is 13.2 Å². The molecule has 18 heavy (non-hydrogen) atoms. The molecule has 0 aliphatic carbocycles. The van der Waals surface area contributed by atoms with E-state index in [0.717, 1.165) is 0 Å². The molecular weight excluding hydrogens is 238 g/mol. The fourth-order valence-corrected chi connectivity index (χ4v) is 1.15. The lowest BCUT2D eigenvalue weighted by Gasteiger charge is -2.06. The summed E-state index contributed by atoms with van der Waals surface area (Å²) in [5, 5.41) is 8.45. The molecule has 0 radical (unpaired) electrons. The largest absolute Gasteiger partial charge is 0.460 e. The van der Waals surface area contributed by atoms with Crippen molar-refractivity contribution in [2.75, 3.05) is 39.6 Å². The van der Waals surface area contributed by atoms with Crippen LogP contribution in [-0.4, -0.2) is 55.7 Å². The Balaban J connectivity index is 2.00. The number of aliphatic hydroxyl groups excluding tert-OH is 1. The third kappa shape index (κ3) is 6.29. The predicted octanol–water partition coefficient (Wildman–Crippen LogP) is 0.264. The summed E-state index contributed by atoms with van der Waals surface area (Å²) in [5.41, 5.74) is 0.420. The third-order valence-corrected chi connectivity index (χ3v) is 1.97. The van der Waals surface area contributed by atoms with Gasteiger partial charge in [0, 0.05) is 12.4 Å². The van der Waals surface area contributed by atoms with Crippen molar-refractivity contribution >= 4 is 5.97 Å². The number of aliphatic hydroxyl groups is 1. The van der Waals surface area contributed by atoms with Crippen LogP contribution in [0.5, 0.6) is 0 Å². The monoisotopic (exact) mass is 255 g/mol. The first-order chi connectivity index (χ1) is 8.84.